The van der Waals surface area contributed by atoms with Crippen molar-refractivity contribution in [3.8, 4) is 0 Å². The number of nitrogens with one attached hydrogen (secondary N) is 1. The van der Waals surface area contributed by atoms with Gasteiger partial charge in [-0.3, -0.25) is 10.00 Å². The van der Waals surface area contributed by atoms with Crippen molar-refractivity contribution in [1.82, 2.24) is 9.78 Å². The molecule has 0 fully saturated rings. The molecule has 0 spiro atoms. The van der Waals surface area contributed by atoms with Crippen molar-refractivity contribution in [2.24, 2.45) is 5.92 Å². The molecule has 1 heterocycles. The van der Waals surface area contributed by atoms with E-state index in [0.29, 0.717) is 18.4 Å². The van der Waals surface area contributed by atoms with Crippen LogP contribution in [0.2, 0.25) is 0 Å². The molecule has 0 aliphatic carbocycles. The number of ether oxygens (including phenoxy) is 1. The van der Waals surface area contributed by atoms with Gasteiger partial charge in [-0.1, -0.05) is 53.7 Å². The lowest BCUT2D eigenvalue weighted by Gasteiger charge is -2.23. The van der Waals surface area contributed by atoms with Crippen LogP contribution < -0.4 is 5.32 Å². The van der Waals surface area contributed by atoms with Crippen molar-refractivity contribution in [3.63, 3.8) is 0 Å². The van der Waals surface area contributed by atoms with Crippen LogP contribution in [-0.4, -0.2) is 22.0 Å². The van der Waals surface area contributed by atoms with Gasteiger partial charge in [-0.2, -0.15) is 5.10 Å². The Hall–Kier alpha value is -2.30. The lowest BCUT2D eigenvalue weighted by molar-refractivity contribution is 0.0672. The van der Waals surface area contributed by atoms with E-state index in [2.05, 4.69) is 52.9 Å². The molecule has 1 N–H and O–H groups in total. The second-order valence-electron chi connectivity index (χ2n) is 8.17. The molecule has 0 radical (unpaired) electrons. The van der Waals surface area contributed by atoms with Gasteiger partial charge < -0.3 is 4.74 Å². The molecule has 1 aromatic heterocycles. The predicted octanol–water partition coefficient (Wildman–Crippen LogP) is 5.71. The molecule has 1 aromatic carbocycles. The highest BCUT2D eigenvalue weighted by molar-refractivity contribution is 5.84. The third-order valence-electron chi connectivity index (χ3n) is 4.63. The van der Waals surface area contributed by atoms with Gasteiger partial charge in [-0.05, 0) is 48.4 Å². The monoisotopic (exact) mass is 371 g/mol. The number of hydrogen-bond donors (Lipinski definition) is 1. The summed E-state index contributed by atoms with van der Waals surface area (Å²) in [6.07, 6.45) is -0.686. The third-order valence-corrected chi connectivity index (χ3v) is 4.63. The van der Waals surface area contributed by atoms with Gasteiger partial charge in [0.1, 0.15) is 6.10 Å². The molecule has 0 unspecified atom stereocenters. The van der Waals surface area contributed by atoms with Crippen LogP contribution in [-0.2, 0) is 11.3 Å². The van der Waals surface area contributed by atoms with Crippen LogP contribution in [0.25, 0.3) is 0 Å². The van der Waals surface area contributed by atoms with Crippen LogP contribution >= 0.6 is 0 Å². The molecule has 2 aromatic rings. The summed E-state index contributed by atoms with van der Waals surface area (Å²) in [7, 11) is 0. The van der Waals surface area contributed by atoms with E-state index in [9.17, 15) is 4.79 Å². The topological polar surface area (TPSA) is 56.1 Å². The molecule has 0 aliphatic heterocycles. The number of hydrogen-bond acceptors (Lipinski definition) is 3. The smallest absolute Gasteiger partial charge is 0.411 e. The molecular formula is C22H33N3O2. The summed E-state index contributed by atoms with van der Waals surface area (Å²) in [6.45, 7) is 15.3. The Morgan fingerprint density at radius 2 is 1.81 bits per heavy atom. The fraction of sp³-hybridized carbons (Fsp3) is 0.545. The van der Waals surface area contributed by atoms with Crippen molar-refractivity contribution in [1.29, 1.82) is 0 Å². The second-order valence-corrected chi connectivity index (χ2v) is 8.17. The largest absolute Gasteiger partial charge is 0.444 e. The predicted molar refractivity (Wildman–Crippen MR) is 110 cm³/mol. The van der Waals surface area contributed by atoms with Crippen LogP contribution in [0.15, 0.2) is 30.3 Å². The van der Waals surface area contributed by atoms with Crippen LogP contribution in [0.1, 0.15) is 70.3 Å². The van der Waals surface area contributed by atoms with Crippen molar-refractivity contribution in [2.75, 3.05) is 5.32 Å². The molecule has 0 bridgehead atoms. The normalized spacial score (nSPS) is 12.7. The molecule has 1 atom stereocenters. The fourth-order valence-corrected chi connectivity index (χ4v) is 2.91. The van der Waals surface area contributed by atoms with Crippen LogP contribution in [0.5, 0.6) is 0 Å². The number of carbonyl (C=O) groups is 1. The Bertz CT molecular complexity index is 763. The average Bonchev–Trinajstić information content (AvgIpc) is 2.98. The minimum Gasteiger partial charge on any atom is -0.444 e. The van der Waals surface area contributed by atoms with Crippen LogP contribution in [0.4, 0.5) is 10.5 Å². The Morgan fingerprint density at radius 1 is 1.11 bits per heavy atom. The lowest BCUT2D eigenvalue weighted by Crippen LogP contribution is -2.31. The van der Waals surface area contributed by atoms with Crippen molar-refractivity contribution in [2.45, 2.75) is 73.0 Å². The minimum absolute atomic E-state index is 0.181. The van der Waals surface area contributed by atoms with E-state index in [0.717, 1.165) is 16.9 Å². The third kappa shape index (κ3) is 5.84. The van der Waals surface area contributed by atoms with E-state index < -0.39 is 6.09 Å². The molecule has 1 amide bonds. The maximum absolute atomic E-state index is 12.4. The molecule has 0 aliphatic rings. The maximum Gasteiger partial charge on any atom is 0.411 e. The van der Waals surface area contributed by atoms with Gasteiger partial charge in [0.25, 0.3) is 0 Å². The molecule has 5 heteroatoms. The zero-order valence-electron chi connectivity index (χ0n) is 17.6. The lowest BCUT2D eigenvalue weighted by atomic mass is 10.1. The number of carbonyl (C=O) groups excluding carboxylic acids is 1. The van der Waals surface area contributed by atoms with Gasteiger partial charge in [0, 0.05) is 11.4 Å². The number of benzene rings is 1. The Morgan fingerprint density at radius 3 is 2.37 bits per heavy atom. The fourth-order valence-electron chi connectivity index (χ4n) is 2.91. The molecule has 148 valence electrons. The summed E-state index contributed by atoms with van der Waals surface area (Å²) >= 11 is 0. The number of anilines is 1. The highest BCUT2D eigenvalue weighted by Crippen LogP contribution is 2.22. The quantitative estimate of drug-likeness (QED) is 0.678. The highest BCUT2D eigenvalue weighted by atomic mass is 16.6. The molecule has 2 rings (SSSR count). The summed E-state index contributed by atoms with van der Waals surface area (Å²) in [5.41, 5.74) is 4.08. The van der Waals surface area contributed by atoms with Crippen LogP contribution in [0, 0.1) is 12.8 Å². The van der Waals surface area contributed by atoms with Gasteiger partial charge in [-0.15, -0.1) is 0 Å². The summed E-state index contributed by atoms with van der Waals surface area (Å²) < 4.78 is 7.76. The first-order valence-electron chi connectivity index (χ1n) is 9.79. The average molecular weight is 372 g/mol. The number of aryl methyl sites for hydroxylation is 1. The van der Waals surface area contributed by atoms with Crippen LogP contribution in [0.3, 0.4) is 0 Å². The Balaban J connectivity index is 2.12. The van der Waals surface area contributed by atoms with Crippen molar-refractivity contribution >= 4 is 11.8 Å². The maximum atomic E-state index is 12.4. The molecule has 0 saturated carbocycles. The standard InChI is InChI=1S/C22H33N3O2/c1-14(2)19-12-20(15(3)4)25(24-19)13-21(16(5)6)27-22(26)23-18-10-8-9-17(7)11-18/h8-12,14-16,21H,13H2,1-7H3,(H,23,26)/t21-/m0/s1. The molecular weight excluding hydrogens is 338 g/mol. The summed E-state index contributed by atoms with van der Waals surface area (Å²) in [5, 5.41) is 7.58. The SMILES string of the molecule is Cc1cccc(NC(=O)O[C@@H](Cn2nc(C(C)C)cc2C(C)C)C(C)C)c1. The number of amides is 1. The zero-order valence-corrected chi connectivity index (χ0v) is 17.6. The number of rotatable bonds is 7. The molecule has 5 nitrogen and oxygen atoms in total. The number of aromatic nitrogens is 2. The number of nitrogens with zero attached hydrogens (tertiary/aromatic N) is 2. The van der Waals surface area contributed by atoms with Gasteiger partial charge in [-0.25, -0.2) is 4.79 Å². The van der Waals surface area contributed by atoms with E-state index >= 15 is 0 Å². The van der Waals surface area contributed by atoms with Crippen molar-refractivity contribution < 1.29 is 9.53 Å². The second kappa shape index (κ2) is 9.07. The van der Waals surface area contributed by atoms with E-state index in [4.69, 9.17) is 9.84 Å². The van der Waals surface area contributed by atoms with Gasteiger partial charge in [0.05, 0.1) is 12.2 Å². The first-order chi connectivity index (χ1) is 12.7. The molecule has 0 saturated heterocycles. The first kappa shape index (κ1) is 21.0. The van der Waals surface area contributed by atoms with E-state index in [1.165, 1.54) is 5.69 Å². The van der Waals surface area contributed by atoms with Gasteiger partial charge in [0.15, 0.2) is 0 Å². The van der Waals surface area contributed by atoms with Crippen molar-refractivity contribution in [3.05, 3.63) is 47.3 Å². The van der Waals surface area contributed by atoms with E-state index in [1.807, 2.05) is 35.9 Å². The summed E-state index contributed by atoms with van der Waals surface area (Å²) in [5.74, 6) is 0.908. The van der Waals surface area contributed by atoms with Gasteiger partial charge >= 0.3 is 6.09 Å². The van der Waals surface area contributed by atoms with Gasteiger partial charge in [0.2, 0.25) is 0 Å². The Labute approximate surface area is 163 Å². The Kier molecular flexibility index (Phi) is 7.05. The summed E-state index contributed by atoms with van der Waals surface area (Å²) in [4.78, 5) is 12.4. The minimum atomic E-state index is -0.429. The zero-order chi connectivity index (χ0) is 20.1. The van der Waals surface area contributed by atoms with E-state index in [-0.39, 0.29) is 12.0 Å². The first-order valence-corrected chi connectivity index (χ1v) is 9.79. The van der Waals surface area contributed by atoms with E-state index in [1.54, 1.807) is 0 Å². The highest BCUT2D eigenvalue weighted by Gasteiger charge is 2.22. The summed E-state index contributed by atoms with van der Waals surface area (Å²) in [6, 6.07) is 9.85. The molecule has 27 heavy (non-hydrogen) atoms.